The first-order chi connectivity index (χ1) is 17.3. The van der Waals surface area contributed by atoms with Gasteiger partial charge in [0.2, 0.25) is 0 Å². The molecular weight excluding hydrogens is 436 g/mol. The van der Waals surface area contributed by atoms with Crippen molar-refractivity contribution in [3.05, 3.63) is 60.3 Å². The van der Waals surface area contributed by atoms with E-state index in [9.17, 15) is 0 Å². The van der Waals surface area contributed by atoms with E-state index in [1.807, 2.05) is 12.3 Å². The van der Waals surface area contributed by atoms with E-state index in [1.54, 1.807) is 6.34 Å². The van der Waals surface area contributed by atoms with Crippen LogP contribution in [0.25, 0.3) is 10.9 Å². The highest BCUT2D eigenvalue weighted by Gasteiger charge is 2.21. The number of benzene rings is 2. The number of pyridine rings is 1. The van der Waals surface area contributed by atoms with E-state index in [0.717, 1.165) is 68.4 Å². The molecule has 184 valence electrons. The lowest BCUT2D eigenvalue weighted by molar-refractivity contribution is 0.144. The molecule has 1 unspecified atom stereocenters. The van der Waals surface area contributed by atoms with Gasteiger partial charge in [0, 0.05) is 42.0 Å². The number of anilines is 1. The second-order valence-electron chi connectivity index (χ2n) is 9.43. The van der Waals surface area contributed by atoms with Crippen molar-refractivity contribution in [2.45, 2.75) is 32.4 Å². The lowest BCUT2D eigenvalue weighted by Gasteiger charge is -2.32. The van der Waals surface area contributed by atoms with Crippen LogP contribution in [0.15, 0.2) is 59.7 Å². The minimum atomic E-state index is 0.118. The number of hydrogen-bond donors (Lipinski definition) is 3. The second kappa shape index (κ2) is 11.5. The third-order valence-electron chi connectivity index (χ3n) is 6.94. The second-order valence-corrected chi connectivity index (χ2v) is 9.43. The summed E-state index contributed by atoms with van der Waals surface area (Å²) in [7, 11) is 0. The zero-order valence-electron chi connectivity index (χ0n) is 20.5. The molecule has 0 bridgehead atoms. The molecule has 1 fully saturated rings. The third-order valence-corrected chi connectivity index (χ3v) is 6.94. The largest absolute Gasteiger partial charge is 0.493 e. The zero-order valence-corrected chi connectivity index (χ0v) is 20.5. The quantitative estimate of drug-likeness (QED) is 0.397. The molecule has 1 atom stereocenters. The van der Waals surface area contributed by atoms with Crippen LogP contribution in [-0.4, -0.2) is 55.6 Å². The molecule has 3 aromatic rings. The van der Waals surface area contributed by atoms with Crippen molar-refractivity contribution in [2.75, 3.05) is 44.6 Å². The van der Waals surface area contributed by atoms with Crippen molar-refractivity contribution < 1.29 is 4.74 Å². The fourth-order valence-electron chi connectivity index (χ4n) is 4.89. The maximum atomic E-state index is 6.19. The van der Waals surface area contributed by atoms with E-state index in [4.69, 9.17) is 4.74 Å². The summed E-state index contributed by atoms with van der Waals surface area (Å²) in [6, 6.07) is 16.6. The van der Waals surface area contributed by atoms with E-state index in [-0.39, 0.29) is 6.17 Å². The highest BCUT2D eigenvalue weighted by Crippen LogP contribution is 2.31. The molecule has 1 aromatic heterocycles. The predicted molar refractivity (Wildman–Crippen MR) is 144 cm³/mol. The zero-order chi connectivity index (χ0) is 23.9. The first-order valence-corrected chi connectivity index (χ1v) is 12.9. The molecule has 0 radical (unpaired) electrons. The molecule has 2 aromatic carbocycles. The third kappa shape index (κ3) is 5.92. The standard InChI is InChI=1S/C28H36N6O/c1-2-12-31-28-24-8-7-22(18-27(24)32-20-33-28)35-19-21-10-15-34(16-11-21)17-14-30-26-9-13-29-25-6-4-3-5-23(25)26/h3-9,13,18,20-21,28,31H,2,10-12,14-17,19H2,1H3,(H,29,30)(H,32,33). The Bertz CT molecular complexity index is 1140. The number of rotatable bonds is 10. The number of para-hydroxylation sites is 1. The molecule has 7 nitrogen and oxygen atoms in total. The van der Waals surface area contributed by atoms with Crippen LogP contribution in [0.4, 0.5) is 11.4 Å². The summed E-state index contributed by atoms with van der Waals surface area (Å²) in [5.41, 5.74) is 4.36. The molecule has 7 heteroatoms. The van der Waals surface area contributed by atoms with Crippen molar-refractivity contribution in [2.24, 2.45) is 10.9 Å². The van der Waals surface area contributed by atoms with Gasteiger partial charge in [0.1, 0.15) is 11.9 Å². The summed E-state index contributed by atoms with van der Waals surface area (Å²) in [5, 5.41) is 11.6. The molecule has 1 saturated heterocycles. The number of nitrogens with one attached hydrogen (secondary N) is 3. The SMILES string of the molecule is CCCNC1NC=Nc2cc(OCC3CCN(CCNc4ccnc5ccccc45)CC3)ccc21. The van der Waals surface area contributed by atoms with Gasteiger partial charge in [-0.25, -0.2) is 4.99 Å². The molecule has 35 heavy (non-hydrogen) atoms. The Morgan fingerprint density at radius 3 is 2.86 bits per heavy atom. The molecule has 5 rings (SSSR count). The number of fused-ring (bicyclic) bond motifs is 2. The van der Waals surface area contributed by atoms with Crippen LogP contribution in [0.5, 0.6) is 5.75 Å². The molecule has 0 spiro atoms. The highest BCUT2D eigenvalue weighted by molar-refractivity contribution is 5.90. The Morgan fingerprint density at radius 1 is 1.09 bits per heavy atom. The average Bonchev–Trinajstić information content (AvgIpc) is 2.91. The average molecular weight is 473 g/mol. The summed E-state index contributed by atoms with van der Waals surface area (Å²) < 4.78 is 6.19. The van der Waals surface area contributed by atoms with Crippen molar-refractivity contribution in [1.82, 2.24) is 20.5 Å². The maximum Gasteiger partial charge on any atom is 0.121 e. The molecule has 0 amide bonds. The number of hydrogen-bond acceptors (Lipinski definition) is 7. The van der Waals surface area contributed by atoms with Gasteiger partial charge in [-0.1, -0.05) is 25.1 Å². The van der Waals surface area contributed by atoms with Gasteiger partial charge >= 0.3 is 0 Å². The summed E-state index contributed by atoms with van der Waals surface area (Å²) in [5.74, 6) is 1.51. The number of piperidine rings is 1. The number of nitrogens with zero attached hydrogens (tertiary/aromatic N) is 3. The van der Waals surface area contributed by atoms with Crippen LogP contribution < -0.4 is 20.7 Å². The minimum absolute atomic E-state index is 0.118. The Hall–Kier alpha value is -3.16. The summed E-state index contributed by atoms with van der Waals surface area (Å²) in [4.78, 5) is 11.5. The van der Waals surface area contributed by atoms with Gasteiger partial charge in [0.15, 0.2) is 0 Å². The Kier molecular flexibility index (Phi) is 7.75. The van der Waals surface area contributed by atoms with Crippen LogP contribution in [0.2, 0.25) is 0 Å². The van der Waals surface area contributed by atoms with E-state index in [0.29, 0.717) is 5.92 Å². The number of ether oxygens (including phenoxy) is 1. The fourth-order valence-corrected chi connectivity index (χ4v) is 4.89. The van der Waals surface area contributed by atoms with Crippen molar-refractivity contribution in [3.63, 3.8) is 0 Å². The molecule has 3 N–H and O–H groups in total. The number of likely N-dealkylation sites (tertiary alicyclic amines) is 1. The van der Waals surface area contributed by atoms with E-state index < -0.39 is 0 Å². The maximum absolute atomic E-state index is 6.19. The van der Waals surface area contributed by atoms with Crippen LogP contribution in [0, 0.1) is 5.92 Å². The lowest BCUT2D eigenvalue weighted by atomic mass is 9.98. The molecule has 2 aliphatic rings. The lowest BCUT2D eigenvalue weighted by Crippen LogP contribution is -2.38. The molecule has 3 heterocycles. The Balaban J connectivity index is 1.05. The highest BCUT2D eigenvalue weighted by atomic mass is 16.5. The Morgan fingerprint density at radius 2 is 1.97 bits per heavy atom. The monoisotopic (exact) mass is 472 g/mol. The van der Waals surface area contributed by atoms with Crippen LogP contribution in [0.1, 0.15) is 37.9 Å². The normalized spacial score (nSPS) is 18.3. The van der Waals surface area contributed by atoms with E-state index in [1.165, 1.54) is 23.8 Å². The summed E-state index contributed by atoms with van der Waals surface area (Å²) >= 11 is 0. The topological polar surface area (TPSA) is 73.8 Å². The van der Waals surface area contributed by atoms with E-state index in [2.05, 4.69) is 80.2 Å². The molecule has 0 saturated carbocycles. The van der Waals surface area contributed by atoms with Crippen molar-refractivity contribution in [1.29, 1.82) is 0 Å². The van der Waals surface area contributed by atoms with Gasteiger partial charge in [-0.15, -0.1) is 0 Å². The first kappa shape index (κ1) is 23.6. The van der Waals surface area contributed by atoms with Gasteiger partial charge in [0.05, 0.1) is 24.1 Å². The molecule has 2 aliphatic heterocycles. The predicted octanol–water partition coefficient (Wildman–Crippen LogP) is 4.70. The van der Waals surface area contributed by atoms with Crippen LogP contribution in [-0.2, 0) is 0 Å². The summed E-state index contributed by atoms with van der Waals surface area (Å²) in [6.07, 6.45) is 7.23. The fraction of sp³-hybridized carbons (Fsp3) is 0.429. The molecule has 0 aliphatic carbocycles. The number of aliphatic imine (C=N–C) groups is 1. The van der Waals surface area contributed by atoms with Gasteiger partial charge in [-0.05, 0) is 69.1 Å². The summed E-state index contributed by atoms with van der Waals surface area (Å²) in [6.45, 7) is 8.15. The van der Waals surface area contributed by atoms with Gasteiger partial charge < -0.3 is 20.3 Å². The molecular formula is C28H36N6O. The van der Waals surface area contributed by atoms with Crippen molar-refractivity contribution >= 4 is 28.6 Å². The van der Waals surface area contributed by atoms with Gasteiger partial charge in [0.25, 0.3) is 0 Å². The van der Waals surface area contributed by atoms with Crippen LogP contribution >= 0.6 is 0 Å². The first-order valence-electron chi connectivity index (χ1n) is 12.9. The van der Waals surface area contributed by atoms with Gasteiger partial charge in [-0.3, -0.25) is 10.3 Å². The van der Waals surface area contributed by atoms with Crippen LogP contribution in [0.3, 0.4) is 0 Å². The minimum Gasteiger partial charge on any atom is -0.493 e. The number of aromatic nitrogens is 1. The smallest absolute Gasteiger partial charge is 0.121 e. The Labute approximate surface area is 208 Å². The van der Waals surface area contributed by atoms with E-state index >= 15 is 0 Å². The van der Waals surface area contributed by atoms with Gasteiger partial charge in [-0.2, -0.15) is 0 Å². The van der Waals surface area contributed by atoms with Crippen molar-refractivity contribution in [3.8, 4) is 5.75 Å².